The van der Waals surface area contributed by atoms with Crippen molar-refractivity contribution in [3.63, 3.8) is 0 Å². The highest BCUT2D eigenvalue weighted by Crippen LogP contribution is 2.32. The molecule has 0 fully saturated rings. The molecule has 0 saturated heterocycles. The summed E-state index contributed by atoms with van der Waals surface area (Å²) in [5, 5.41) is 1.84. The molecule has 0 bridgehead atoms. The van der Waals surface area contributed by atoms with E-state index in [2.05, 4.69) is 6.92 Å². The fraction of sp³-hybridized carbons (Fsp3) is 0.263. The molecule has 2 aromatic carbocycles. The van der Waals surface area contributed by atoms with E-state index in [4.69, 9.17) is 21.3 Å². The average Bonchev–Trinajstić information content (AvgIpc) is 2.62. The van der Waals surface area contributed by atoms with Crippen LogP contribution in [0.1, 0.15) is 18.9 Å². The van der Waals surface area contributed by atoms with Crippen LogP contribution in [-0.2, 0) is 0 Å². The Bertz CT molecular complexity index is 985. The van der Waals surface area contributed by atoms with Gasteiger partial charge >= 0.3 is 0 Å². The molecule has 0 radical (unpaired) electrons. The van der Waals surface area contributed by atoms with E-state index >= 15 is 0 Å². The summed E-state index contributed by atoms with van der Waals surface area (Å²) in [4.78, 5) is 17.9. The summed E-state index contributed by atoms with van der Waals surface area (Å²) in [6.45, 7) is 4.01. The van der Waals surface area contributed by atoms with E-state index in [1.165, 1.54) is 0 Å². The normalized spacial score (nSPS) is 11.0. The van der Waals surface area contributed by atoms with E-state index in [0.29, 0.717) is 32.5 Å². The minimum Gasteiger partial charge on any atom is -0.495 e. The van der Waals surface area contributed by atoms with E-state index in [-0.39, 0.29) is 5.56 Å². The molecule has 0 saturated carbocycles. The highest BCUT2D eigenvalue weighted by atomic mass is 35.5. The number of aryl methyl sites for hydroxylation is 1. The summed E-state index contributed by atoms with van der Waals surface area (Å²) in [5.41, 5.74) is 2.13. The summed E-state index contributed by atoms with van der Waals surface area (Å²) in [6, 6.07) is 11.0. The molecule has 0 aliphatic heterocycles. The number of hydrogen-bond donors (Lipinski definition) is 0. The molecule has 0 unspecified atom stereocenters. The predicted molar refractivity (Wildman–Crippen MR) is 105 cm³/mol. The van der Waals surface area contributed by atoms with Gasteiger partial charge in [0.15, 0.2) is 5.16 Å². The summed E-state index contributed by atoms with van der Waals surface area (Å²) in [5.74, 6) is 1.42. The molecule has 130 valence electrons. The minimum absolute atomic E-state index is 0.107. The summed E-state index contributed by atoms with van der Waals surface area (Å²) in [7, 11) is 1.57. The van der Waals surface area contributed by atoms with Crippen LogP contribution in [0.5, 0.6) is 5.75 Å². The first-order valence-electron chi connectivity index (χ1n) is 8.06. The van der Waals surface area contributed by atoms with Crippen LogP contribution in [0.25, 0.3) is 16.6 Å². The maximum atomic E-state index is 13.2. The Balaban J connectivity index is 2.36. The second kappa shape index (κ2) is 7.50. The van der Waals surface area contributed by atoms with Gasteiger partial charge in [-0.05, 0) is 37.1 Å². The number of halogens is 1. The highest BCUT2D eigenvalue weighted by Gasteiger charge is 2.17. The van der Waals surface area contributed by atoms with Crippen LogP contribution < -0.4 is 10.3 Å². The van der Waals surface area contributed by atoms with Crippen molar-refractivity contribution < 1.29 is 4.74 Å². The molecule has 3 aromatic rings. The van der Waals surface area contributed by atoms with Gasteiger partial charge < -0.3 is 4.74 Å². The zero-order valence-electron chi connectivity index (χ0n) is 14.4. The van der Waals surface area contributed by atoms with Crippen LogP contribution in [0.2, 0.25) is 5.02 Å². The molecule has 0 atom stereocenters. The molecule has 1 heterocycles. The molecule has 3 rings (SSSR count). The van der Waals surface area contributed by atoms with Crippen molar-refractivity contribution in [1.82, 2.24) is 9.55 Å². The van der Waals surface area contributed by atoms with Gasteiger partial charge in [-0.25, -0.2) is 4.98 Å². The second-order valence-corrected chi connectivity index (χ2v) is 7.14. The van der Waals surface area contributed by atoms with E-state index in [1.807, 2.05) is 31.2 Å². The number of rotatable bonds is 5. The standard InChI is InChI=1S/C19H19ClN2O2S/c1-4-9-25-19-21-15-8-6-5-7-13(15)18(23)22(19)16-10-12(2)14(20)11-17(16)24-3/h5-8,10-11H,4,9H2,1-3H3. The van der Waals surface area contributed by atoms with Crippen LogP contribution in [0.4, 0.5) is 0 Å². The molecule has 0 spiro atoms. The molecule has 25 heavy (non-hydrogen) atoms. The number of aromatic nitrogens is 2. The number of fused-ring (bicyclic) bond motifs is 1. The topological polar surface area (TPSA) is 44.1 Å². The monoisotopic (exact) mass is 374 g/mol. The van der Waals surface area contributed by atoms with Crippen LogP contribution in [0.3, 0.4) is 0 Å². The van der Waals surface area contributed by atoms with Crippen molar-refractivity contribution in [1.29, 1.82) is 0 Å². The van der Waals surface area contributed by atoms with Crippen LogP contribution in [0, 0.1) is 6.92 Å². The van der Waals surface area contributed by atoms with Crippen molar-refractivity contribution in [3.8, 4) is 11.4 Å². The van der Waals surface area contributed by atoms with Crippen LogP contribution in [0.15, 0.2) is 46.3 Å². The Labute approximate surface area is 155 Å². The zero-order chi connectivity index (χ0) is 18.0. The van der Waals surface area contributed by atoms with E-state index in [0.717, 1.165) is 17.7 Å². The fourth-order valence-corrected chi connectivity index (χ4v) is 3.61. The van der Waals surface area contributed by atoms with Gasteiger partial charge in [0.1, 0.15) is 5.75 Å². The lowest BCUT2D eigenvalue weighted by Crippen LogP contribution is -2.22. The van der Waals surface area contributed by atoms with Gasteiger partial charge in [-0.2, -0.15) is 0 Å². The third-order valence-corrected chi connectivity index (χ3v) is 5.43. The zero-order valence-corrected chi connectivity index (χ0v) is 15.9. The van der Waals surface area contributed by atoms with E-state index in [9.17, 15) is 4.79 Å². The first kappa shape index (κ1) is 17.8. The van der Waals surface area contributed by atoms with Crippen molar-refractivity contribution in [2.75, 3.05) is 12.9 Å². The van der Waals surface area contributed by atoms with Crippen LogP contribution >= 0.6 is 23.4 Å². The molecule has 6 heteroatoms. The van der Waals surface area contributed by atoms with E-state index in [1.54, 1.807) is 35.6 Å². The lowest BCUT2D eigenvalue weighted by Gasteiger charge is -2.17. The molecule has 0 aliphatic carbocycles. The Hall–Kier alpha value is -1.98. The number of hydrogen-bond acceptors (Lipinski definition) is 4. The predicted octanol–water partition coefficient (Wildman–Crippen LogP) is 4.86. The third-order valence-electron chi connectivity index (χ3n) is 3.88. The number of nitrogens with zero attached hydrogens (tertiary/aromatic N) is 2. The minimum atomic E-state index is -0.107. The van der Waals surface area contributed by atoms with Gasteiger partial charge in [-0.1, -0.05) is 42.4 Å². The maximum absolute atomic E-state index is 13.2. The SMILES string of the molecule is CCCSc1nc2ccccc2c(=O)n1-c1cc(C)c(Cl)cc1OC. The van der Waals surface area contributed by atoms with Gasteiger partial charge in [0.25, 0.3) is 5.56 Å². The average molecular weight is 375 g/mol. The number of benzene rings is 2. The number of thioether (sulfide) groups is 1. The molecule has 0 aliphatic rings. The first-order chi connectivity index (χ1) is 12.1. The van der Waals surface area contributed by atoms with Gasteiger partial charge in [0.05, 0.1) is 23.7 Å². The lowest BCUT2D eigenvalue weighted by molar-refractivity contribution is 0.411. The first-order valence-corrected chi connectivity index (χ1v) is 9.42. The summed E-state index contributed by atoms with van der Waals surface area (Å²) in [6.07, 6.45) is 0.990. The summed E-state index contributed by atoms with van der Waals surface area (Å²) >= 11 is 7.79. The molecular weight excluding hydrogens is 356 g/mol. The highest BCUT2D eigenvalue weighted by molar-refractivity contribution is 7.99. The van der Waals surface area contributed by atoms with Crippen molar-refractivity contribution in [2.24, 2.45) is 0 Å². The maximum Gasteiger partial charge on any atom is 0.266 e. The Morgan fingerprint density at radius 3 is 2.76 bits per heavy atom. The Kier molecular flexibility index (Phi) is 5.35. The van der Waals surface area contributed by atoms with Gasteiger partial charge in [-0.3, -0.25) is 9.36 Å². The smallest absolute Gasteiger partial charge is 0.266 e. The molecule has 1 aromatic heterocycles. The second-order valence-electron chi connectivity index (χ2n) is 5.67. The number of para-hydroxylation sites is 1. The number of methoxy groups -OCH3 is 1. The Morgan fingerprint density at radius 2 is 2.04 bits per heavy atom. The van der Waals surface area contributed by atoms with Gasteiger partial charge in [0, 0.05) is 16.8 Å². The lowest BCUT2D eigenvalue weighted by atomic mass is 10.2. The molecular formula is C19H19ClN2O2S. The third kappa shape index (κ3) is 3.39. The van der Waals surface area contributed by atoms with Crippen LogP contribution in [-0.4, -0.2) is 22.4 Å². The quantitative estimate of drug-likeness (QED) is 0.472. The Morgan fingerprint density at radius 1 is 1.28 bits per heavy atom. The fourth-order valence-electron chi connectivity index (χ4n) is 2.60. The number of ether oxygens (including phenoxy) is 1. The van der Waals surface area contributed by atoms with Gasteiger partial charge in [0.2, 0.25) is 0 Å². The van der Waals surface area contributed by atoms with Crippen molar-refractivity contribution >= 4 is 34.3 Å². The summed E-state index contributed by atoms with van der Waals surface area (Å²) < 4.78 is 7.11. The van der Waals surface area contributed by atoms with Gasteiger partial charge in [-0.15, -0.1) is 0 Å². The van der Waals surface area contributed by atoms with E-state index < -0.39 is 0 Å². The molecule has 4 nitrogen and oxygen atoms in total. The molecule has 0 amide bonds. The molecule has 0 N–H and O–H groups in total. The largest absolute Gasteiger partial charge is 0.495 e. The van der Waals surface area contributed by atoms with Crippen molar-refractivity contribution in [3.05, 3.63) is 57.3 Å². The van der Waals surface area contributed by atoms with Crippen molar-refractivity contribution in [2.45, 2.75) is 25.4 Å².